The van der Waals surface area contributed by atoms with Gasteiger partial charge >= 0.3 is 0 Å². The molecular weight excluding hydrogens is 234 g/mol. The molecule has 1 aliphatic rings. The predicted octanol–water partition coefficient (Wildman–Crippen LogP) is 1.73. The molecule has 0 atom stereocenters. The maximum Gasteiger partial charge on any atom is 0.269 e. The van der Waals surface area contributed by atoms with Crippen LogP contribution in [-0.4, -0.2) is 28.9 Å². The molecule has 0 bridgehead atoms. The van der Waals surface area contributed by atoms with E-state index in [0.29, 0.717) is 5.56 Å². The Morgan fingerprint density at radius 1 is 1.17 bits per heavy atom. The van der Waals surface area contributed by atoms with E-state index in [9.17, 15) is 14.9 Å². The third-order valence-corrected chi connectivity index (χ3v) is 2.96. The summed E-state index contributed by atoms with van der Waals surface area (Å²) in [6.07, 6.45) is 3.37. The van der Waals surface area contributed by atoms with Crippen LogP contribution in [0.1, 0.15) is 29.6 Å². The molecule has 1 amide bonds. The summed E-state index contributed by atoms with van der Waals surface area (Å²) in [6.45, 7) is 1.72. The van der Waals surface area contributed by atoms with Gasteiger partial charge in [0.25, 0.3) is 11.6 Å². The van der Waals surface area contributed by atoms with Crippen LogP contribution >= 0.6 is 0 Å². The number of carbonyl (C=O) groups excluding carboxylic acids is 1. The van der Waals surface area contributed by atoms with Gasteiger partial charge in [0.15, 0.2) is 0 Å². The lowest BCUT2D eigenvalue weighted by atomic mass is 10.1. The quantitative estimate of drug-likeness (QED) is 0.653. The van der Waals surface area contributed by atoms with Gasteiger partial charge in [-0.1, -0.05) is 6.42 Å². The van der Waals surface area contributed by atoms with Crippen LogP contribution < -0.4 is 5.43 Å². The number of piperidine rings is 1. The number of carbonyl (C=O) groups is 1. The van der Waals surface area contributed by atoms with Crippen molar-refractivity contribution < 1.29 is 9.72 Å². The van der Waals surface area contributed by atoms with Gasteiger partial charge in [-0.15, -0.1) is 0 Å². The number of nitrogens with one attached hydrogen (secondary N) is 1. The van der Waals surface area contributed by atoms with Crippen LogP contribution in [-0.2, 0) is 0 Å². The van der Waals surface area contributed by atoms with E-state index in [4.69, 9.17) is 0 Å². The van der Waals surface area contributed by atoms with Crippen LogP contribution in [0.3, 0.4) is 0 Å². The molecular formula is C12H15N3O3. The number of nitrogens with zero attached hydrogens (tertiary/aromatic N) is 2. The van der Waals surface area contributed by atoms with Crippen LogP contribution in [0.4, 0.5) is 5.69 Å². The first-order valence-corrected chi connectivity index (χ1v) is 5.97. The van der Waals surface area contributed by atoms with Crippen molar-refractivity contribution in [3.8, 4) is 0 Å². The zero-order chi connectivity index (χ0) is 13.0. The minimum absolute atomic E-state index is 0.00970. The second kappa shape index (κ2) is 5.59. The van der Waals surface area contributed by atoms with Crippen molar-refractivity contribution in [2.24, 2.45) is 0 Å². The van der Waals surface area contributed by atoms with Gasteiger partial charge in [0.2, 0.25) is 0 Å². The van der Waals surface area contributed by atoms with Crippen molar-refractivity contribution in [2.75, 3.05) is 13.1 Å². The van der Waals surface area contributed by atoms with Crippen molar-refractivity contribution in [1.29, 1.82) is 0 Å². The van der Waals surface area contributed by atoms with Gasteiger partial charge in [0.05, 0.1) is 4.92 Å². The fraction of sp³-hybridized carbons (Fsp3) is 0.417. The fourth-order valence-corrected chi connectivity index (χ4v) is 1.95. The summed E-state index contributed by atoms with van der Waals surface area (Å²) in [5.74, 6) is -0.216. The zero-order valence-electron chi connectivity index (χ0n) is 9.96. The van der Waals surface area contributed by atoms with Crippen LogP contribution in [0.2, 0.25) is 0 Å². The van der Waals surface area contributed by atoms with E-state index in [1.807, 2.05) is 5.01 Å². The van der Waals surface area contributed by atoms with Gasteiger partial charge in [-0.25, -0.2) is 5.01 Å². The Kier molecular flexibility index (Phi) is 3.88. The highest BCUT2D eigenvalue weighted by molar-refractivity contribution is 5.94. The molecule has 0 saturated carbocycles. The lowest BCUT2D eigenvalue weighted by Crippen LogP contribution is -2.45. The van der Waals surface area contributed by atoms with Gasteiger partial charge < -0.3 is 0 Å². The number of hydrogen-bond donors (Lipinski definition) is 1. The molecule has 2 rings (SSSR count). The number of benzene rings is 1. The van der Waals surface area contributed by atoms with Crippen LogP contribution in [0.5, 0.6) is 0 Å². The first-order valence-electron chi connectivity index (χ1n) is 5.97. The summed E-state index contributed by atoms with van der Waals surface area (Å²) in [5, 5.41) is 12.4. The maximum atomic E-state index is 11.9. The monoisotopic (exact) mass is 249 g/mol. The Labute approximate surface area is 105 Å². The molecule has 1 aromatic rings. The predicted molar refractivity (Wildman–Crippen MR) is 66.0 cm³/mol. The number of hydrogen-bond acceptors (Lipinski definition) is 4. The van der Waals surface area contributed by atoms with Crippen molar-refractivity contribution >= 4 is 11.6 Å². The van der Waals surface area contributed by atoms with E-state index in [0.717, 1.165) is 25.9 Å². The highest BCUT2D eigenvalue weighted by atomic mass is 16.6. The van der Waals surface area contributed by atoms with Crippen molar-refractivity contribution in [1.82, 2.24) is 10.4 Å². The smallest absolute Gasteiger partial charge is 0.269 e. The van der Waals surface area contributed by atoms with E-state index < -0.39 is 4.92 Å². The molecule has 1 N–H and O–H groups in total. The number of hydrazine groups is 1. The molecule has 6 nitrogen and oxygen atoms in total. The Bertz CT molecular complexity index is 438. The molecule has 18 heavy (non-hydrogen) atoms. The van der Waals surface area contributed by atoms with Crippen LogP contribution in [0.15, 0.2) is 24.3 Å². The highest BCUT2D eigenvalue weighted by Gasteiger charge is 2.14. The second-order valence-electron chi connectivity index (χ2n) is 4.29. The number of non-ortho nitro benzene ring substituents is 1. The highest BCUT2D eigenvalue weighted by Crippen LogP contribution is 2.12. The molecule has 1 saturated heterocycles. The van der Waals surface area contributed by atoms with Gasteiger partial charge in [0, 0.05) is 30.8 Å². The lowest BCUT2D eigenvalue weighted by molar-refractivity contribution is -0.384. The van der Waals surface area contributed by atoms with E-state index in [1.165, 1.54) is 30.7 Å². The van der Waals surface area contributed by atoms with Crippen molar-refractivity contribution in [3.05, 3.63) is 39.9 Å². The molecule has 1 aliphatic heterocycles. The Morgan fingerprint density at radius 3 is 2.33 bits per heavy atom. The van der Waals surface area contributed by atoms with Crippen LogP contribution in [0, 0.1) is 10.1 Å². The van der Waals surface area contributed by atoms with Gasteiger partial charge in [-0.2, -0.15) is 0 Å². The van der Waals surface area contributed by atoms with E-state index in [-0.39, 0.29) is 11.6 Å². The maximum absolute atomic E-state index is 11.9. The van der Waals surface area contributed by atoms with Gasteiger partial charge in [0.1, 0.15) is 0 Å². The number of nitro groups is 1. The average molecular weight is 249 g/mol. The van der Waals surface area contributed by atoms with Crippen LogP contribution in [0.25, 0.3) is 0 Å². The minimum Gasteiger partial charge on any atom is -0.285 e. The van der Waals surface area contributed by atoms with Crippen molar-refractivity contribution in [2.45, 2.75) is 19.3 Å². The molecule has 0 radical (unpaired) electrons. The summed E-state index contributed by atoms with van der Waals surface area (Å²) in [4.78, 5) is 21.9. The molecule has 0 unspecified atom stereocenters. The SMILES string of the molecule is O=C(NN1CCCCC1)c1ccc([N+](=O)[O-])cc1. The Morgan fingerprint density at radius 2 is 1.78 bits per heavy atom. The summed E-state index contributed by atoms with van der Waals surface area (Å²) < 4.78 is 0. The fourth-order valence-electron chi connectivity index (χ4n) is 1.95. The normalized spacial score (nSPS) is 16.2. The van der Waals surface area contributed by atoms with E-state index in [2.05, 4.69) is 5.43 Å². The topological polar surface area (TPSA) is 75.5 Å². The Balaban J connectivity index is 1.97. The minimum atomic E-state index is -0.480. The molecule has 0 aliphatic carbocycles. The average Bonchev–Trinajstić information content (AvgIpc) is 2.40. The number of rotatable bonds is 3. The molecule has 1 fully saturated rings. The molecule has 1 heterocycles. The third-order valence-electron chi connectivity index (χ3n) is 2.96. The standard InChI is InChI=1S/C12H15N3O3/c16-12(13-14-8-2-1-3-9-14)10-4-6-11(7-5-10)15(17)18/h4-7H,1-3,8-9H2,(H,13,16). The van der Waals surface area contributed by atoms with E-state index in [1.54, 1.807) is 0 Å². The molecule has 6 heteroatoms. The first-order chi connectivity index (χ1) is 8.66. The van der Waals surface area contributed by atoms with Gasteiger partial charge in [-0.3, -0.25) is 20.3 Å². The Hall–Kier alpha value is -1.95. The third kappa shape index (κ3) is 3.04. The summed E-state index contributed by atoms with van der Waals surface area (Å²) in [7, 11) is 0. The second-order valence-corrected chi connectivity index (χ2v) is 4.29. The molecule has 96 valence electrons. The lowest BCUT2D eigenvalue weighted by Gasteiger charge is -2.26. The summed E-state index contributed by atoms with van der Waals surface area (Å²) >= 11 is 0. The van der Waals surface area contributed by atoms with Crippen molar-refractivity contribution in [3.63, 3.8) is 0 Å². The summed E-state index contributed by atoms with van der Waals surface area (Å²) in [5.41, 5.74) is 3.23. The number of nitro benzene ring substituents is 1. The van der Waals surface area contributed by atoms with Gasteiger partial charge in [-0.05, 0) is 25.0 Å². The molecule has 1 aromatic carbocycles. The number of amides is 1. The summed E-state index contributed by atoms with van der Waals surface area (Å²) in [6, 6.07) is 5.62. The first kappa shape index (κ1) is 12.5. The van der Waals surface area contributed by atoms with E-state index >= 15 is 0 Å². The largest absolute Gasteiger partial charge is 0.285 e. The molecule has 0 aromatic heterocycles. The molecule has 0 spiro atoms. The zero-order valence-corrected chi connectivity index (χ0v) is 9.96.